The molecule has 146 valence electrons. The van der Waals surface area contributed by atoms with E-state index in [1.54, 1.807) is 11.3 Å². The van der Waals surface area contributed by atoms with Crippen LogP contribution in [0.3, 0.4) is 0 Å². The van der Waals surface area contributed by atoms with Gasteiger partial charge in [0.15, 0.2) is 5.16 Å². The normalized spacial score (nSPS) is 21.8. The first-order valence-electron chi connectivity index (χ1n) is 10.0. The summed E-state index contributed by atoms with van der Waals surface area (Å²) in [6.07, 6.45) is 8.94. The number of aryl methyl sites for hydroxylation is 1. The van der Waals surface area contributed by atoms with Gasteiger partial charge in [-0.3, -0.25) is 9.59 Å². The zero-order chi connectivity index (χ0) is 19.0. The van der Waals surface area contributed by atoms with E-state index in [1.165, 1.54) is 41.5 Å². The van der Waals surface area contributed by atoms with Crippen LogP contribution in [0.15, 0.2) is 9.95 Å². The second-order valence-electron chi connectivity index (χ2n) is 8.01. The molecule has 1 fully saturated rings. The lowest BCUT2D eigenvalue weighted by Crippen LogP contribution is -2.40. The second-order valence-corrected chi connectivity index (χ2v) is 10.4. The van der Waals surface area contributed by atoms with E-state index in [1.807, 2.05) is 6.92 Å². The zero-order valence-electron chi connectivity index (χ0n) is 16.0. The highest BCUT2D eigenvalue weighted by atomic mass is 32.2. The predicted octanol–water partition coefficient (Wildman–Crippen LogP) is 4.04. The van der Waals surface area contributed by atoms with Crippen molar-refractivity contribution in [2.75, 3.05) is 0 Å². The number of nitrogens with one attached hydrogen (secondary N) is 2. The number of carbonyl (C=O) groups excluding carboxylic acids is 1. The Morgan fingerprint density at radius 1 is 1.30 bits per heavy atom. The number of fused-ring (bicyclic) bond motifs is 3. The van der Waals surface area contributed by atoms with E-state index in [9.17, 15) is 9.59 Å². The number of thioether (sulfide) groups is 1. The Morgan fingerprint density at radius 2 is 2.07 bits per heavy atom. The van der Waals surface area contributed by atoms with Crippen LogP contribution >= 0.6 is 23.1 Å². The SMILES string of the molecule is C[C@H]1CCc2c(sc3nc(S[C@H](C)C(=O)NC4CCCCC4)[nH]c(=O)c23)C1. The lowest BCUT2D eigenvalue weighted by molar-refractivity contribution is -0.121. The minimum atomic E-state index is -0.276. The van der Waals surface area contributed by atoms with Crippen molar-refractivity contribution in [3.8, 4) is 0 Å². The van der Waals surface area contributed by atoms with Gasteiger partial charge in [0.1, 0.15) is 4.83 Å². The number of hydrogen-bond acceptors (Lipinski definition) is 5. The van der Waals surface area contributed by atoms with Gasteiger partial charge in [-0.25, -0.2) is 4.98 Å². The van der Waals surface area contributed by atoms with Crippen molar-refractivity contribution in [3.05, 3.63) is 20.8 Å². The molecule has 7 heteroatoms. The maximum Gasteiger partial charge on any atom is 0.260 e. The maximum atomic E-state index is 12.7. The number of rotatable bonds is 4. The number of carbonyl (C=O) groups is 1. The number of thiophene rings is 1. The zero-order valence-corrected chi connectivity index (χ0v) is 17.6. The van der Waals surface area contributed by atoms with Crippen molar-refractivity contribution in [1.29, 1.82) is 0 Å². The fourth-order valence-corrected chi connectivity index (χ4v) is 6.42. The van der Waals surface area contributed by atoms with E-state index in [4.69, 9.17) is 0 Å². The van der Waals surface area contributed by atoms with E-state index in [0.717, 1.165) is 42.3 Å². The number of amides is 1. The summed E-state index contributed by atoms with van der Waals surface area (Å²) in [5.74, 6) is 0.705. The standard InChI is InChI=1S/C20H27N3O2S2/c1-11-8-9-14-15(10-11)27-19-16(14)18(25)22-20(23-19)26-12(2)17(24)21-13-6-4-3-5-7-13/h11-13H,3-10H2,1-2H3,(H,21,24)(H,22,23,25)/t11-,12+/m0/s1. The van der Waals surface area contributed by atoms with Crippen molar-refractivity contribution < 1.29 is 4.79 Å². The molecule has 2 aromatic rings. The topological polar surface area (TPSA) is 74.8 Å². The van der Waals surface area contributed by atoms with Crippen molar-refractivity contribution in [1.82, 2.24) is 15.3 Å². The van der Waals surface area contributed by atoms with Crippen LogP contribution in [0.1, 0.15) is 62.8 Å². The van der Waals surface area contributed by atoms with E-state index in [-0.39, 0.29) is 16.7 Å². The van der Waals surface area contributed by atoms with Gasteiger partial charge in [0, 0.05) is 10.9 Å². The number of aromatic amines is 1. The molecule has 2 atom stereocenters. The molecule has 0 bridgehead atoms. The minimum Gasteiger partial charge on any atom is -0.352 e. The van der Waals surface area contributed by atoms with Gasteiger partial charge in [-0.2, -0.15) is 0 Å². The molecule has 0 aromatic carbocycles. The first-order valence-corrected chi connectivity index (χ1v) is 11.7. The lowest BCUT2D eigenvalue weighted by Gasteiger charge is -2.24. The van der Waals surface area contributed by atoms with Crippen LogP contribution < -0.4 is 10.9 Å². The molecular formula is C20H27N3O2S2. The van der Waals surface area contributed by atoms with Crippen molar-refractivity contribution in [2.24, 2.45) is 5.92 Å². The minimum absolute atomic E-state index is 0.0361. The molecular weight excluding hydrogens is 378 g/mol. The van der Waals surface area contributed by atoms with Crippen LogP contribution in [0.4, 0.5) is 0 Å². The average molecular weight is 406 g/mol. The smallest absolute Gasteiger partial charge is 0.260 e. The summed E-state index contributed by atoms with van der Waals surface area (Å²) in [6.45, 7) is 4.15. The first kappa shape index (κ1) is 19.0. The van der Waals surface area contributed by atoms with Crippen molar-refractivity contribution in [3.63, 3.8) is 0 Å². The van der Waals surface area contributed by atoms with Gasteiger partial charge in [0.25, 0.3) is 5.56 Å². The number of aromatic nitrogens is 2. The molecule has 2 aliphatic carbocycles. The van der Waals surface area contributed by atoms with Crippen LogP contribution in [-0.4, -0.2) is 27.2 Å². The highest BCUT2D eigenvalue weighted by Crippen LogP contribution is 2.36. The van der Waals surface area contributed by atoms with Gasteiger partial charge < -0.3 is 10.3 Å². The summed E-state index contributed by atoms with van der Waals surface area (Å²) < 4.78 is 0. The molecule has 2 N–H and O–H groups in total. The summed E-state index contributed by atoms with van der Waals surface area (Å²) in [4.78, 5) is 34.9. The lowest BCUT2D eigenvalue weighted by atomic mass is 9.89. The molecule has 1 saturated carbocycles. The number of H-pyrrole nitrogens is 1. The van der Waals surface area contributed by atoms with Crippen molar-refractivity contribution in [2.45, 2.75) is 81.7 Å². The molecule has 0 radical (unpaired) electrons. The predicted molar refractivity (Wildman–Crippen MR) is 112 cm³/mol. The third-order valence-corrected chi connectivity index (χ3v) is 7.89. The third-order valence-electron chi connectivity index (χ3n) is 5.75. The molecule has 0 unspecified atom stereocenters. The molecule has 4 rings (SSSR count). The van der Waals surface area contributed by atoms with E-state index in [0.29, 0.717) is 17.1 Å². The van der Waals surface area contributed by atoms with E-state index in [2.05, 4.69) is 22.2 Å². The molecule has 5 nitrogen and oxygen atoms in total. The summed E-state index contributed by atoms with van der Waals surface area (Å²) in [5.41, 5.74) is 1.14. The van der Waals surface area contributed by atoms with Gasteiger partial charge in [-0.1, -0.05) is 37.9 Å². The van der Waals surface area contributed by atoms with Gasteiger partial charge in [0.2, 0.25) is 5.91 Å². The molecule has 0 saturated heterocycles. The molecule has 2 aliphatic rings. The Labute approximate surface area is 167 Å². The van der Waals surface area contributed by atoms with Crippen LogP contribution in [0.5, 0.6) is 0 Å². The molecule has 0 aliphatic heterocycles. The highest BCUT2D eigenvalue weighted by molar-refractivity contribution is 8.00. The first-order chi connectivity index (χ1) is 13.0. The maximum absolute atomic E-state index is 12.7. The quantitative estimate of drug-likeness (QED) is 0.595. The van der Waals surface area contributed by atoms with Crippen LogP contribution in [0, 0.1) is 5.92 Å². The number of hydrogen-bond donors (Lipinski definition) is 2. The summed E-state index contributed by atoms with van der Waals surface area (Å²) in [7, 11) is 0. The van der Waals surface area contributed by atoms with Gasteiger partial charge in [-0.15, -0.1) is 11.3 Å². The van der Waals surface area contributed by atoms with Crippen LogP contribution in [0.2, 0.25) is 0 Å². The number of nitrogens with zero attached hydrogens (tertiary/aromatic N) is 1. The van der Waals surface area contributed by atoms with Crippen LogP contribution in [0.25, 0.3) is 10.2 Å². The Morgan fingerprint density at radius 3 is 2.85 bits per heavy atom. The average Bonchev–Trinajstić information content (AvgIpc) is 3.00. The Hall–Kier alpha value is -1.34. The van der Waals surface area contributed by atoms with Gasteiger partial charge in [-0.05, 0) is 50.5 Å². The van der Waals surface area contributed by atoms with Crippen LogP contribution in [-0.2, 0) is 17.6 Å². The van der Waals surface area contributed by atoms with E-state index >= 15 is 0 Å². The third kappa shape index (κ3) is 4.09. The molecule has 2 aromatic heterocycles. The summed E-state index contributed by atoms with van der Waals surface area (Å²) in [6, 6.07) is 0.301. The molecule has 0 spiro atoms. The molecule has 27 heavy (non-hydrogen) atoms. The molecule has 1 amide bonds. The van der Waals surface area contributed by atoms with Crippen molar-refractivity contribution >= 4 is 39.2 Å². The second kappa shape index (κ2) is 7.95. The monoisotopic (exact) mass is 405 g/mol. The molecule has 2 heterocycles. The summed E-state index contributed by atoms with van der Waals surface area (Å²) >= 11 is 2.99. The Kier molecular flexibility index (Phi) is 5.60. The summed E-state index contributed by atoms with van der Waals surface area (Å²) in [5, 5.41) is 4.20. The van der Waals surface area contributed by atoms with Gasteiger partial charge in [0.05, 0.1) is 10.6 Å². The highest BCUT2D eigenvalue weighted by Gasteiger charge is 2.25. The fourth-order valence-electron chi connectivity index (χ4n) is 4.17. The largest absolute Gasteiger partial charge is 0.352 e. The Bertz CT molecular complexity index is 898. The fraction of sp³-hybridized carbons (Fsp3) is 0.650. The van der Waals surface area contributed by atoms with Gasteiger partial charge >= 0.3 is 0 Å². The van der Waals surface area contributed by atoms with E-state index < -0.39 is 0 Å². The Balaban J connectivity index is 1.50.